The Balaban J connectivity index is 0.00000693. The Kier molecular flexibility index (Phi) is 13.6. The standard InChI is InChI=1S/C66H72N4O.Pt/c1-61(2,3)46-31-32-67-59(38-46)70-56-30-24-23-29-54(56)60-55(63(7,8)9)40-53(41-57(60)70)71-52-37-49(66(15,16)45-27-21-18-22-28-45)35-50(39-52)68-42-58(64(10,11)12)69(43-68)51-34-47(62(4,5)6)33-48(36-51)65(13,14)44-25-19-17-20-26-44;/h17-38,40,42H,1-16H3;/q-2;. The van der Waals surface area contributed by atoms with Crippen molar-refractivity contribution in [3.8, 4) is 28.7 Å². The van der Waals surface area contributed by atoms with Crippen molar-refractivity contribution in [3.05, 3.63) is 209 Å². The zero-order chi connectivity index (χ0) is 51.1. The van der Waals surface area contributed by atoms with Gasteiger partial charge >= 0.3 is 0 Å². The fraction of sp³-hybridized carbons (Fsp3) is 0.333. The summed E-state index contributed by atoms with van der Waals surface area (Å²) in [7, 11) is 0. The molecule has 0 bridgehead atoms. The SMILES string of the molecule is CC(C)(C)c1cc(-[n+]2[c-]n(-c3[c-]c(Oc4[c-]c5c(c(C(C)(C)C)c4)c4ccccc4n5-c4cc(C(C)(C)C)ccn4)cc(C(C)(C)c4ccccc4)c3)cc2C(C)(C)C)cc(C(C)(C)c2ccccc2)c1.[Pt]. The van der Waals surface area contributed by atoms with Gasteiger partial charge in [0.05, 0.1) is 11.4 Å². The van der Waals surface area contributed by atoms with Crippen molar-refractivity contribution in [2.75, 3.05) is 0 Å². The molecule has 6 aromatic carbocycles. The third-order valence-electron chi connectivity index (χ3n) is 14.6. The van der Waals surface area contributed by atoms with Gasteiger partial charge in [-0.15, -0.1) is 35.4 Å². The van der Waals surface area contributed by atoms with Gasteiger partial charge < -0.3 is 13.9 Å². The molecule has 3 heterocycles. The summed E-state index contributed by atoms with van der Waals surface area (Å²) >= 11 is 0. The van der Waals surface area contributed by atoms with Crippen LogP contribution < -0.4 is 9.30 Å². The minimum Gasteiger partial charge on any atom is -0.510 e. The molecule has 0 saturated carbocycles. The molecule has 0 unspecified atom stereocenters. The fourth-order valence-corrected chi connectivity index (χ4v) is 9.87. The Morgan fingerprint density at radius 1 is 0.500 bits per heavy atom. The molecule has 0 amide bonds. The van der Waals surface area contributed by atoms with Gasteiger partial charge in [0, 0.05) is 55.9 Å². The molecule has 6 heteroatoms. The number of imidazole rings is 1. The molecule has 0 aliphatic rings. The normalized spacial score (nSPS) is 12.9. The Morgan fingerprint density at radius 2 is 1.06 bits per heavy atom. The smallest absolute Gasteiger partial charge is 0.267 e. The van der Waals surface area contributed by atoms with Crippen molar-refractivity contribution < 1.29 is 30.4 Å². The molecule has 374 valence electrons. The molecule has 0 aliphatic carbocycles. The quantitative estimate of drug-likeness (QED) is 0.107. The molecule has 0 radical (unpaired) electrons. The first-order valence-electron chi connectivity index (χ1n) is 25.3. The molecule has 0 fully saturated rings. The molecular formula is C66H72N4OPt-2. The van der Waals surface area contributed by atoms with E-state index < -0.39 is 5.41 Å². The van der Waals surface area contributed by atoms with Gasteiger partial charge in [-0.2, -0.15) is 6.07 Å². The van der Waals surface area contributed by atoms with Crippen LogP contribution in [0.3, 0.4) is 0 Å². The zero-order valence-corrected chi connectivity index (χ0v) is 47.6. The molecule has 9 aromatic rings. The van der Waals surface area contributed by atoms with Crippen LogP contribution in [-0.4, -0.2) is 14.1 Å². The Bertz CT molecular complexity index is 3420. The van der Waals surface area contributed by atoms with Gasteiger partial charge in [-0.25, -0.2) is 4.98 Å². The largest absolute Gasteiger partial charge is 0.510 e. The number of ether oxygens (including phenoxy) is 1. The van der Waals surface area contributed by atoms with E-state index in [-0.39, 0.29) is 48.1 Å². The molecule has 5 nitrogen and oxygen atoms in total. The summed E-state index contributed by atoms with van der Waals surface area (Å²) in [4.78, 5) is 5.00. The van der Waals surface area contributed by atoms with E-state index in [9.17, 15) is 0 Å². The maximum atomic E-state index is 7.18. The van der Waals surface area contributed by atoms with Crippen molar-refractivity contribution >= 4 is 21.8 Å². The monoisotopic (exact) mass is 1130 g/mol. The number of para-hydroxylation sites is 1. The van der Waals surface area contributed by atoms with Crippen LogP contribution in [0.15, 0.2) is 146 Å². The zero-order valence-electron chi connectivity index (χ0n) is 45.4. The summed E-state index contributed by atoms with van der Waals surface area (Å²) in [6.07, 6.45) is 8.02. The molecule has 0 aliphatic heterocycles. The summed E-state index contributed by atoms with van der Waals surface area (Å²) in [6, 6.07) is 55.8. The van der Waals surface area contributed by atoms with Crippen LogP contribution in [0.1, 0.15) is 155 Å². The maximum Gasteiger partial charge on any atom is 0.267 e. The molecular weight excluding hydrogens is 1060 g/mol. The number of benzene rings is 6. The fourth-order valence-electron chi connectivity index (χ4n) is 9.87. The minimum atomic E-state index is -0.390. The number of aromatic nitrogens is 4. The van der Waals surface area contributed by atoms with E-state index >= 15 is 0 Å². The van der Waals surface area contributed by atoms with E-state index in [1.54, 1.807) is 0 Å². The van der Waals surface area contributed by atoms with E-state index in [4.69, 9.17) is 9.72 Å². The van der Waals surface area contributed by atoms with Crippen LogP contribution in [0.25, 0.3) is 39.0 Å². The third-order valence-corrected chi connectivity index (χ3v) is 14.6. The first-order chi connectivity index (χ1) is 33.2. The van der Waals surface area contributed by atoms with Gasteiger partial charge in [-0.05, 0) is 96.3 Å². The third kappa shape index (κ3) is 10.0. The van der Waals surface area contributed by atoms with Gasteiger partial charge in [-0.1, -0.05) is 207 Å². The molecule has 0 spiro atoms. The molecule has 0 saturated heterocycles. The van der Waals surface area contributed by atoms with Crippen LogP contribution >= 0.6 is 0 Å². The predicted octanol–water partition coefficient (Wildman–Crippen LogP) is 16.3. The van der Waals surface area contributed by atoms with Crippen molar-refractivity contribution in [1.29, 1.82) is 0 Å². The molecule has 0 N–H and O–H groups in total. The number of nitrogens with zero attached hydrogens (tertiary/aromatic N) is 4. The second-order valence-electron chi connectivity index (χ2n) is 24.8. The van der Waals surface area contributed by atoms with E-state index in [2.05, 4.69) is 283 Å². The number of hydrogen-bond acceptors (Lipinski definition) is 2. The number of hydrogen-bond donors (Lipinski definition) is 0. The van der Waals surface area contributed by atoms with Crippen molar-refractivity contribution in [3.63, 3.8) is 0 Å². The number of rotatable bonds is 9. The van der Waals surface area contributed by atoms with Crippen molar-refractivity contribution in [2.45, 2.75) is 143 Å². The van der Waals surface area contributed by atoms with Gasteiger partial charge in [0.25, 0.3) is 6.33 Å². The van der Waals surface area contributed by atoms with Gasteiger partial charge in [-0.3, -0.25) is 4.57 Å². The molecule has 0 atom stereocenters. The summed E-state index contributed by atoms with van der Waals surface area (Å²) in [5.41, 5.74) is 12.3. The summed E-state index contributed by atoms with van der Waals surface area (Å²) < 4.78 is 13.8. The Hall–Kier alpha value is -6.03. The van der Waals surface area contributed by atoms with Crippen LogP contribution in [0.2, 0.25) is 0 Å². The van der Waals surface area contributed by atoms with Gasteiger partial charge in [0.1, 0.15) is 5.82 Å². The van der Waals surface area contributed by atoms with Gasteiger partial charge in [0.2, 0.25) is 0 Å². The number of pyridine rings is 1. The van der Waals surface area contributed by atoms with Crippen LogP contribution in [0.4, 0.5) is 0 Å². The Labute approximate surface area is 444 Å². The Morgan fingerprint density at radius 3 is 1.64 bits per heavy atom. The topological polar surface area (TPSA) is 35.9 Å². The second-order valence-corrected chi connectivity index (χ2v) is 24.8. The predicted molar refractivity (Wildman–Crippen MR) is 294 cm³/mol. The van der Waals surface area contributed by atoms with Crippen LogP contribution in [0, 0.1) is 18.5 Å². The van der Waals surface area contributed by atoms with E-state index in [0.29, 0.717) is 11.5 Å². The minimum absolute atomic E-state index is 0. The van der Waals surface area contributed by atoms with Crippen molar-refractivity contribution in [1.82, 2.24) is 14.1 Å². The summed E-state index contributed by atoms with van der Waals surface area (Å²) in [6.45, 7) is 36.5. The average Bonchev–Trinajstić information content (AvgIpc) is 3.92. The maximum absolute atomic E-state index is 7.18. The van der Waals surface area contributed by atoms with Crippen LogP contribution in [-0.2, 0) is 53.6 Å². The molecule has 9 rings (SSSR count). The van der Waals surface area contributed by atoms with Crippen LogP contribution in [0.5, 0.6) is 11.5 Å². The number of fused-ring (bicyclic) bond motifs is 3. The summed E-state index contributed by atoms with van der Waals surface area (Å²) in [5, 5.41) is 2.31. The van der Waals surface area contributed by atoms with Crippen molar-refractivity contribution in [2.24, 2.45) is 0 Å². The van der Waals surface area contributed by atoms with Gasteiger partial charge in [0.15, 0.2) is 0 Å². The first kappa shape index (κ1) is 52.3. The summed E-state index contributed by atoms with van der Waals surface area (Å²) in [5.74, 6) is 2.07. The molecule has 72 heavy (non-hydrogen) atoms. The first-order valence-corrected chi connectivity index (χ1v) is 25.3. The van der Waals surface area contributed by atoms with E-state index in [1.165, 1.54) is 33.4 Å². The average molecular weight is 1130 g/mol. The molecule has 3 aromatic heterocycles. The van der Waals surface area contributed by atoms with E-state index in [1.807, 2.05) is 6.20 Å². The second kappa shape index (κ2) is 18.8. The van der Waals surface area contributed by atoms with E-state index in [0.717, 1.165) is 50.3 Å².